The summed E-state index contributed by atoms with van der Waals surface area (Å²) in [6.07, 6.45) is 16.0. The summed E-state index contributed by atoms with van der Waals surface area (Å²) in [4.78, 5) is 12.6. The standard InChI is InChI=1S/C26H42O/c1-6-8-17(2)21-13-14-23-20-12-11-19-9-7-10-22(18(3)27)26(19,5)24(20)15-16-25(21,23)4/h10,17,19-21,23-24H,6-9,11-16H2,1-5H3/t17-,19?,20+,21-,23+,24+,25-,26-/m1/s1. The summed E-state index contributed by atoms with van der Waals surface area (Å²) < 4.78 is 0. The van der Waals surface area contributed by atoms with Gasteiger partial charge in [0.15, 0.2) is 5.78 Å². The van der Waals surface area contributed by atoms with E-state index in [0.29, 0.717) is 11.2 Å². The summed E-state index contributed by atoms with van der Waals surface area (Å²) in [6, 6.07) is 0. The van der Waals surface area contributed by atoms with E-state index < -0.39 is 0 Å². The fourth-order valence-electron chi connectivity index (χ4n) is 9.10. The normalized spacial score (nSPS) is 47.4. The first-order valence-electron chi connectivity index (χ1n) is 12.1. The van der Waals surface area contributed by atoms with E-state index in [1.807, 2.05) is 6.92 Å². The van der Waals surface area contributed by atoms with E-state index in [1.54, 1.807) is 0 Å². The number of hydrogen-bond acceptors (Lipinski definition) is 1. The number of rotatable bonds is 4. The van der Waals surface area contributed by atoms with E-state index in [0.717, 1.165) is 41.9 Å². The largest absolute Gasteiger partial charge is 0.295 e. The van der Waals surface area contributed by atoms with Crippen LogP contribution in [0.4, 0.5) is 0 Å². The Balaban J connectivity index is 1.64. The molecule has 8 atom stereocenters. The fraction of sp³-hybridized carbons (Fsp3) is 0.885. The molecule has 0 aliphatic heterocycles. The van der Waals surface area contributed by atoms with Gasteiger partial charge < -0.3 is 0 Å². The lowest BCUT2D eigenvalue weighted by molar-refractivity contribution is -0.121. The van der Waals surface area contributed by atoms with Crippen molar-refractivity contribution in [3.05, 3.63) is 11.6 Å². The number of Topliss-reactive ketones (excluding diaryl/α,β-unsaturated/α-hetero) is 1. The Morgan fingerprint density at radius 2 is 1.89 bits per heavy atom. The molecule has 0 bridgehead atoms. The molecule has 4 rings (SSSR count). The Hall–Kier alpha value is -0.590. The highest BCUT2D eigenvalue weighted by Crippen LogP contribution is 2.68. The Labute approximate surface area is 167 Å². The van der Waals surface area contributed by atoms with Gasteiger partial charge in [-0.3, -0.25) is 4.79 Å². The van der Waals surface area contributed by atoms with Crippen molar-refractivity contribution in [2.75, 3.05) is 0 Å². The van der Waals surface area contributed by atoms with Crippen molar-refractivity contribution in [3.8, 4) is 0 Å². The first-order chi connectivity index (χ1) is 12.8. The molecule has 0 aromatic rings. The van der Waals surface area contributed by atoms with E-state index in [4.69, 9.17) is 0 Å². The summed E-state index contributed by atoms with van der Waals surface area (Å²) in [6.45, 7) is 11.9. The smallest absolute Gasteiger partial charge is 0.156 e. The third kappa shape index (κ3) is 2.81. The van der Waals surface area contributed by atoms with Gasteiger partial charge in [0.25, 0.3) is 0 Å². The van der Waals surface area contributed by atoms with Crippen LogP contribution in [0.15, 0.2) is 11.6 Å². The first kappa shape index (κ1) is 19.7. The van der Waals surface area contributed by atoms with Crippen molar-refractivity contribution in [1.82, 2.24) is 0 Å². The SMILES string of the molecule is CCC[C@@H](C)[C@H]1CC[C@H]2[C@@H]3CCC4CCC=C(C(C)=O)[C@]4(C)[C@H]3CC[C@]12C. The molecule has 3 fully saturated rings. The van der Waals surface area contributed by atoms with E-state index >= 15 is 0 Å². The number of fused-ring (bicyclic) bond motifs is 5. The number of allylic oxidation sites excluding steroid dienone is 2. The van der Waals surface area contributed by atoms with Gasteiger partial charge >= 0.3 is 0 Å². The van der Waals surface area contributed by atoms with Gasteiger partial charge in [0.05, 0.1) is 0 Å². The maximum absolute atomic E-state index is 12.6. The van der Waals surface area contributed by atoms with Crippen LogP contribution in [0.1, 0.15) is 98.8 Å². The summed E-state index contributed by atoms with van der Waals surface area (Å²) >= 11 is 0. The lowest BCUT2D eigenvalue weighted by Gasteiger charge is -2.60. The van der Waals surface area contributed by atoms with Crippen molar-refractivity contribution in [2.24, 2.45) is 46.3 Å². The minimum Gasteiger partial charge on any atom is -0.295 e. The zero-order chi connectivity index (χ0) is 19.4. The van der Waals surface area contributed by atoms with Crippen molar-refractivity contribution in [3.63, 3.8) is 0 Å². The molecule has 4 aliphatic rings. The summed E-state index contributed by atoms with van der Waals surface area (Å²) in [5, 5.41) is 0. The topological polar surface area (TPSA) is 17.1 Å². The second-order valence-corrected chi connectivity index (χ2v) is 11.2. The lowest BCUT2D eigenvalue weighted by Crippen LogP contribution is -2.54. The minimum atomic E-state index is 0.168. The van der Waals surface area contributed by atoms with Crippen LogP contribution < -0.4 is 0 Å². The molecule has 3 saturated carbocycles. The number of carbonyl (C=O) groups excluding carboxylic acids is 1. The van der Waals surface area contributed by atoms with Gasteiger partial charge in [0, 0.05) is 5.41 Å². The van der Waals surface area contributed by atoms with Gasteiger partial charge in [0.1, 0.15) is 0 Å². The number of ketones is 1. The van der Waals surface area contributed by atoms with Crippen molar-refractivity contribution < 1.29 is 4.79 Å². The molecule has 0 heterocycles. The third-order valence-corrected chi connectivity index (χ3v) is 10.2. The van der Waals surface area contributed by atoms with E-state index in [9.17, 15) is 4.79 Å². The number of hydrogen-bond donors (Lipinski definition) is 0. The summed E-state index contributed by atoms with van der Waals surface area (Å²) in [7, 11) is 0. The quantitative estimate of drug-likeness (QED) is 0.511. The van der Waals surface area contributed by atoms with Crippen LogP contribution in [0.2, 0.25) is 0 Å². The fourth-order valence-corrected chi connectivity index (χ4v) is 9.10. The van der Waals surface area contributed by atoms with Gasteiger partial charge in [-0.1, -0.05) is 46.6 Å². The highest BCUT2D eigenvalue weighted by atomic mass is 16.1. The Morgan fingerprint density at radius 3 is 2.59 bits per heavy atom. The first-order valence-corrected chi connectivity index (χ1v) is 12.1. The monoisotopic (exact) mass is 370 g/mol. The number of carbonyl (C=O) groups is 1. The highest BCUT2D eigenvalue weighted by Gasteiger charge is 2.61. The average Bonchev–Trinajstić information content (AvgIpc) is 2.98. The summed E-state index contributed by atoms with van der Waals surface area (Å²) in [5.41, 5.74) is 1.95. The molecule has 1 unspecified atom stereocenters. The Bertz CT molecular complexity index is 618. The minimum absolute atomic E-state index is 0.168. The van der Waals surface area contributed by atoms with Crippen molar-refractivity contribution >= 4 is 5.78 Å². The zero-order valence-electron chi connectivity index (χ0n) is 18.5. The van der Waals surface area contributed by atoms with Gasteiger partial charge in [0.2, 0.25) is 0 Å². The lowest BCUT2D eigenvalue weighted by atomic mass is 9.44. The molecule has 4 aliphatic carbocycles. The summed E-state index contributed by atoms with van der Waals surface area (Å²) in [5.74, 6) is 5.46. The molecule has 0 N–H and O–H groups in total. The van der Waals surface area contributed by atoms with Gasteiger partial charge in [-0.2, -0.15) is 0 Å². The van der Waals surface area contributed by atoms with Crippen LogP contribution in [0.5, 0.6) is 0 Å². The molecule has 152 valence electrons. The van der Waals surface area contributed by atoms with Crippen LogP contribution in [0, 0.1) is 46.3 Å². The second kappa shape index (κ2) is 7.03. The molecule has 0 aromatic heterocycles. The predicted molar refractivity (Wildman–Crippen MR) is 113 cm³/mol. The molecular weight excluding hydrogens is 328 g/mol. The molecule has 27 heavy (non-hydrogen) atoms. The van der Waals surface area contributed by atoms with Crippen LogP contribution >= 0.6 is 0 Å². The van der Waals surface area contributed by atoms with Gasteiger partial charge in [-0.25, -0.2) is 0 Å². The molecule has 0 aromatic carbocycles. The highest BCUT2D eigenvalue weighted by molar-refractivity contribution is 5.95. The van der Waals surface area contributed by atoms with Crippen LogP contribution in [-0.4, -0.2) is 5.78 Å². The Kier molecular flexibility index (Phi) is 5.13. The zero-order valence-corrected chi connectivity index (χ0v) is 18.5. The van der Waals surface area contributed by atoms with Crippen LogP contribution in [-0.2, 0) is 4.79 Å². The van der Waals surface area contributed by atoms with Crippen molar-refractivity contribution in [2.45, 2.75) is 98.8 Å². The van der Waals surface area contributed by atoms with Gasteiger partial charge in [-0.05, 0) is 105 Å². The molecule has 0 saturated heterocycles. The molecule has 0 radical (unpaired) electrons. The maximum Gasteiger partial charge on any atom is 0.156 e. The van der Waals surface area contributed by atoms with Crippen LogP contribution in [0.25, 0.3) is 0 Å². The molecule has 1 nitrogen and oxygen atoms in total. The molecule has 0 spiro atoms. The molecule has 1 heteroatoms. The van der Waals surface area contributed by atoms with Crippen LogP contribution in [0.3, 0.4) is 0 Å². The maximum atomic E-state index is 12.6. The van der Waals surface area contributed by atoms with E-state index in [2.05, 4.69) is 33.8 Å². The second-order valence-electron chi connectivity index (χ2n) is 11.2. The van der Waals surface area contributed by atoms with E-state index in [1.165, 1.54) is 63.4 Å². The molecular formula is C26H42O. The van der Waals surface area contributed by atoms with Crippen molar-refractivity contribution in [1.29, 1.82) is 0 Å². The predicted octanol–water partition coefficient (Wildman–Crippen LogP) is 7.21. The Morgan fingerprint density at radius 1 is 1.11 bits per heavy atom. The average molecular weight is 371 g/mol. The molecule has 0 amide bonds. The van der Waals surface area contributed by atoms with Gasteiger partial charge in [-0.15, -0.1) is 0 Å². The van der Waals surface area contributed by atoms with E-state index in [-0.39, 0.29) is 5.41 Å². The third-order valence-electron chi connectivity index (χ3n) is 10.2.